The highest BCUT2D eigenvalue weighted by Crippen LogP contribution is 2.26. The van der Waals surface area contributed by atoms with Gasteiger partial charge in [-0.2, -0.15) is 5.10 Å². The Hall–Kier alpha value is -2.79. The lowest BCUT2D eigenvalue weighted by atomic mass is 10.1. The van der Waals surface area contributed by atoms with Crippen LogP contribution in [0.1, 0.15) is 15.9 Å². The molecule has 0 bridgehead atoms. The van der Waals surface area contributed by atoms with Crippen LogP contribution >= 0.6 is 11.6 Å². The molecule has 1 aliphatic heterocycles. The number of rotatable bonds is 3. The molecule has 27 heavy (non-hydrogen) atoms. The van der Waals surface area contributed by atoms with Crippen LogP contribution in [-0.4, -0.2) is 47.2 Å². The molecule has 6 heteroatoms. The Balaban J connectivity index is 1.48. The van der Waals surface area contributed by atoms with Gasteiger partial charge in [0.25, 0.3) is 5.91 Å². The predicted molar refractivity (Wildman–Crippen MR) is 108 cm³/mol. The molecule has 3 aromatic rings. The van der Waals surface area contributed by atoms with Crippen LogP contribution in [0, 0.1) is 6.92 Å². The number of benzene rings is 2. The van der Waals surface area contributed by atoms with Crippen molar-refractivity contribution in [3.05, 3.63) is 70.9 Å². The summed E-state index contributed by atoms with van der Waals surface area (Å²) in [6.45, 7) is 5.11. The Labute approximate surface area is 163 Å². The first-order valence-electron chi connectivity index (χ1n) is 9.02. The quantitative estimate of drug-likeness (QED) is 0.747. The number of nitrogens with one attached hydrogen (secondary N) is 1. The van der Waals surface area contributed by atoms with E-state index in [4.69, 9.17) is 11.6 Å². The lowest BCUT2D eigenvalue weighted by Gasteiger charge is -2.36. The number of hydrogen-bond acceptors (Lipinski definition) is 3. The van der Waals surface area contributed by atoms with Crippen LogP contribution < -0.4 is 4.90 Å². The number of amides is 1. The van der Waals surface area contributed by atoms with Gasteiger partial charge in [0, 0.05) is 42.5 Å². The van der Waals surface area contributed by atoms with Gasteiger partial charge >= 0.3 is 0 Å². The molecule has 0 aliphatic carbocycles. The van der Waals surface area contributed by atoms with Gasteiger partial charge in [-0.05, 0) is 36.8 Å². The largest absolute Gasteiger partial charge is 0.368 e. The average Bonchev–Trinajstić information content (AvgIpc) is 3.17. The molecule has 1 saturated heterocycles. The number of carbonyl (C=O) groups is 1. The minimum Gasteiger partial charge on any atom is -0.368 e. The standard InChI is InChI=1S/C21H21ClN4O/c1-15-4-2-7-18(12-15)25-8-10-26(11-9-25)21(27)19-14-23-24-20(19)16-5-3-6-17(22)13-16/h2-7,12-14H,8-11H2,1H3,(H,23,24). The lowest BCUT2D eigenvalue weighted by molar-refractivity contribution is 0.0747. The third-order valence-corrected chi connectivity index (χ3v) is 5.15. The number of aryl methyl sites for hydroxylation is 1. The van der Waals surface area contributed by atoms with Crippen LogP contribution in [0.15, 0.2) is 54.7 Å². The lowest BCUT2D eigenvalue weighted by Crippen LogP contribution is -2.48. The maximum absolute atomic E-state index is 13.1. The highest BCUT2D eigenvalue weighted by molar-refractivity contribution is 6.30. The maximum atomic E-state index is 13.1. The van der Waals surface area contributed by atoms with Gasteiger partial charge in [-0.1, -0.05) is 35.9 Å². The van der Waals surface area contributed by atoms with E-state index in [1.165, 1.54) is 11.3 Å². The second kappa shape index (κ2) is 7.45. The summed E-state index contributed by atoms with van der Waals surface area (Å²) in [5.74, 6) is 0.00242. The first-order valence-corrected chi connectivity index (χ1v) is 9.40. The van der Waals surface area contributed by atoms with Gasteiger partial charge in [0.2, 0.25) is 0 Å². The van der Waals surface area contributed by atoms with Crippen LogP contribution in [0.5, 0.6) is 0 Å². The normalized spacial score (nSPS) is 14.4. The molecule has 4 rings (SSSR count). The summed E-state index contributed by atoms with van der Waals surface area (Å²) in [7, 11) is 0. The Morgan fingerprint density at radius 3 is 2.59 bits per heavy atom. The van der Waals surface area contributed by atoms with Crippen LogP contribution in [0.3, 0.4) is 0 Å². The fraction of sp³-hybridized carbons (Fsp3) is 0.238. The van der Waals surface area contributed by atoms with E-state index in [2.05, 4.69) is 46.3 Å². The molecule has 1 aliphatic rings. The first kappa shape index (κ1) is 17.6. The molecule has 1 amide bonds. The fourth-order valence-corrected chi connectivity index (χ4v) is 3.67. The Bertz CT molecular complexity index is 960. The van der Waals surface area contributed by atoms with E-state index in [-0.39, 0.29) is 5.91 Å². The molecule has 0 radical (unpaired) electrons. The van der Waals surface area contributed by atoms with Crippen molar-refractivity contribution in [3.63, 3.8) is 0 Å². The van der Waals surface area contributed by atoms with E-state index in [0.29, 0.717) is 29.4 Å². The summed E-state index contributed by atoms with van der Waals surface area (Å²) in [5, 5.41) is 7.67. The highest BCUT2D eigenvalue weighted by Gasteiger charge is 2.25. The minimum atomic E-state index is 0.00242. The van der Waals surface area contributed by atoms with Gasteiger partial charge in [0.05, 0.1) is 17.5 Å². The molecule has 2 aromatic carbocycles. The minimum absolute atomic E-state index is 0.00242. The number of aromatic nitrogens is 2. The summed E-state index contributed by atoms with van der Waals surface area (Å²) in [5.41, 5.74) is 4.62. The number of H-pyrrole nitrogens is 1. The molecular formula is C21H21ClN4O. The Morgan fingerprint density at radius 2 is 1.85 bits per heavy atom. The van der Waals surface area contributed by atoms with Gasteiger partial charge < -0.3 is 9.80 Å². The summed E-state index contributed by atoms with van der Waals surface area (Å²) in [4.78, 5) is 17.3. The first-order chi connectivity index (χ1) is 13.1. The van der Waals surface area contributed by atoms with E-state index in [9.17, 15) is 4.79 Å². The zero-order chi connectivity index (χ0) is 18.8. The third kappa shape index (κ3) is 3.69. The molecule has 0 spiro atoms. The van der Waals surface area contributed by atoms with E-state index in [0.717, 1.165) is 18.7 Å². The average molecular weight is 381 g/mol. The van der Waals surface area contributed by atoms with Crippen LogP contribution in [0.2, 0.25) is 5.02 Å². The second-order valence-electron chi connectivity index (χ2n) is 6.79. The number of anilines is 1. The molecule has 0 unspecified atom stereocenters. The van der Waals surface area contributed by atoms with Gasteiger partial charge in [-0.25, -0.2) is 0 Å². The maximum Gasteiger partial charge on any atom is 0.257 e. The summed E-state index contributed by atoms with van der Waals surface area (Å²) >= 11 is 6.09. The van der Waals surface area contributed by atoms with Gasteiger partial charge in [-0.3, -0.25) is 9.89 Å². The van der Waals surface area contributed by atoms with Gasteiger partial charge in [0.1, 0.15) is 0 Å². The van der Waals surface area contributed by atoms with Gasteiger partial charge in [-0.15, -0.1) is 0 Å². The third-order valence-electron chi connectivity index (χ3n) is 4.92. The second-order valence-corrected chi connectivity index (χ2v) is 7.22. The van der Waals surface area contributed by atoms with Crippen molar-refractivity contribution < 1.29 is 4.79 Å². The SMILES string of the molecule is Cc1cccc(N2CCN(C(=O)c3cn[nH]c3-c3cccc(Cl)c3)CC2)c1. The molecule has 2 heterocycles. The van der Waals surface area contributed by atoms with Crippen molar-refractivity contribution in [2.75, 3.05) is 31.1 Å². The number of nitrogens with zero attached hydrogens (tertiary/aromatic N) is 3. The van der Waals surface area contributed by atoms with E-state index in [1.807, 2.05) is 29.2 Å². The van der Waals surface area contributed by atoms with Crippen LogP contribution in [0.4, 0.5) is 5.69 Å². The summed E-state index contributed by atoms with van der Waals surface area (Å²) in [6, 6.07) is 15.9. The van der Waals surface area contributed by atoms with E-state index in [1.54, 1.807) is 6.20 Å². The topological polar surface area (TPSA) is 52.2 Å². The van der Waals surface area contributed by atoms with Crippen molar-refractivity contribution in [3.8, 4) is 11.3 Å². The molecule has 0 atom stereocenters. The Morgan fingerprint density at radius 1 is 1.07 bits per heavy atom. The smallest absolute Gasteiger partial charge is 0.257 e. The molecule has 1 fully saturated rings. The zero-order valence-corrected chi connectivity index (χ0v) is 15.9. The molecule has 1 aromatic heterocycles. The molecule has 0 saturated carbocycles. The molecular weight excluding hydrogens is 360 g/mol. The summed E-state index contributed by atoms with van der Waals surface area (Å²) < 4.78 is 0. The van der Waals surface area contributed by atoms with Gasteiger partial charge in [0.15, 0.2) is 0 Å². The van der Waals surface area contributed by atoms with E-state index < -0.39 is 0 Å². The Kier molecular flexibility index (Phi) is 4.86. The van der Waals surface area contributed by atoms with Crippen molar-refractivity contribution in [1.82, 2.24) is 15.1 Å². The monoisotopic (exact) mass is 380 g/mol. The van der Waals surface area contributed by atoms with Crippen LogP contribution in [-0.2, 0) is 0 Å². The molecule has 138 valence electrons. The van der Waals surface area contributed by atoms with E-state index >= 15 is 0 Å². The number of carbonyl (C=O) groups excluding carboxylic acids is 1. The van der Waals surface area contributed by atoms with Crippen molar-refractivity contribution in [2.24, 2.45) is 0 Å². The zero-order valence-electron chi connectivity index (χ0n) is 15.2. The van der Waals surface area contributed by atoms with Crippen LogP contribution in [0.25, 0.3) is 11.3 Å². The number of halogens is 1. The predicted octanol–water partition coefficient (Wildman–Crippen LogP) is 4.00. The number of hydrogen-bond donors (Lipinski definition) is 1. The van der Waals surface area contributed by atoms with Crippen molar-refractivity contribution in [1.29, 1.82) is 0 Å². The van der Waals surface area contributed by atoms with Crippen molar-refractivity contribution in [2.45, 2.75) is 6.92 Å². The number of aromatic amines is 1. The van der Waals surface area contributed by atoms with Crippen molar-refractivity contribution >= 4 is 23.2 Å². The fourth-order valence-electron chi connectivity index (χ4n) is 3.48. The summed E-state index contributed by atoms with van der Waals surface area (Å²) in [6.07, 6.45) is 1.60. The highest BCUT2D eigenvalue weighted by atomic mass is 35.5. The molecule has 5 nitrogen and oxygen atoms in total. The molecule has 1 N–H and O–H groups in total. The number of piperazine rings is 1.